The molecule has 0 bridgehead atoms. The summed E-state index contributed by atoms with van der Waals surface area (Å²) in [6.45, 7) is 3.17. The third-order valence-corrected chi connectivity index (χ3v) is 7.41. The second kappa shape index (κ2) is 9.41. The number of carbonyl (C=O) groups is 1. The first-order valence-corrected chi connectivity index (χ1v) is 11.6. The Hall–Kier alpha value is -2.73. The summed E-state index contributed by atoms with van der Waals surface area (Å²) in [5.74, 6) is 1.54. The van der Waals surface area contributed by atoms with Crippen molar-refractivity contribution in [3.63, 3.8) is 0 Å². The first-order valence-electron chi connectivity index (χ1n) is 11.6. The van der Waals surface area contributed by atoms with Gasteiger partial charge in [-0.3, -0.25) is 0 Å². The van der Waals surface area contributed by atoms with Crippen molar-refractivity contribution in [3.05, 3.63) is 53.6 Å². The summed E-state index contributed by atoms with van der Waals surface area (Å²) >= 11 is 0. The Bertz CT molecular complexity index is 963. The highest BCUT2D eigenvalue weighted by molar-refractivity contribution is 5.89. The van der Waals surface area contributed by atoms with Gasteiger partial charge in [-0.15, -0.1) is 0 Å². The van der Waals surface area contributed by atoms with Crippen molar-refractivity contribution in [1.82, 2.24) is 10.2 Å². The molecule has 0 spiro atoms. The molecule has 0 radical (unpaired) electrons. The molecular formula is C26H35N3O3. The minimum Gasteiger partial charge on any atom is -0.493 e. The molecule has 172 valence electrons. The van der Waals surface area contributed by atoms with Gasteiger partial charge in [0.2, 0.25) is 0 Å². The molecule has 0 aromatic heterocycles. The van der Waals surface area contributed by atoms with Crippen LogP contribution in [0.1, 0.15) is 43.7 Å². The number of methoxy groups -OCH3 is 2. The van der Waals surface area contributed by atoms with E-state index in [4.69, 9.17) is 9.47 Å². The molecule has 1 saturated heterocycles. The number of nitrogens with zero attached hydrogens (tertiary/aromatic N) is 1. The van der Waals surface area contributed by atoms with Gasteiger partial charge in [-0.1, -0.05) is 25.1 Å². The van der Waals surface area contributed by atoms with Gasteiger partial charge in [-0.05, 0) is 81.1 Å². The van der Waals surface area contributed by atoms with Gasteiger partial charge in [0.1, 0.15) is 0 Å². The van der Waals surface area contributed by atoms with Crippen LogP contribution >= 0.6 is 0 Å². The number of anilines is 1. The molecule has 0 unspecified atom stereocenters. The SMILES string of the molecule is CCc1cccc(NC(=O)N[C@@H]2CC[C@@]3(c4ccc(OC)c(OC)c4)CCN(C)[C@H]3C2)c1. The smallest absolute Gasteiger partial charge is 0.319 e. The zero-order valence-electron chi connectivity index (χ0n) is 19.6. The molecule has 4 rings (SSSR count). The molecule has 2 aromatic carbocycles. The minimum atomic E-state index is -0.123. The van der Waals surface area contributed by atoms with Gasteiger partial charge in [-0.25, -0.2) is 4.79 Å². The highest BCUT2D eigenvalue weighted by Crippen LogP contribution is 2.49. The highest BCUT2D eigenvalue weighted by Gasteiger charge is 2.50. The number of likely N-dealkylation sites (tertiary alicyclic amines) is 1. The number of fused-ring (bicyclic) bond motifs is 1. The summed E-state index contributed by atoms with van der Waals surface area (Å²) in [5.41, 5.74) is 3.45. The van der Waals surface area contributed by atoms with E-state index in [0.717, 1.165) is 55.8 Å². The molecule has 2 amide bonds. The fourth-order valence-electron chi connectivity index (χ4n) is 5.62. The molecule has 1 heterocycles. The Kier molecular flexibility index (Phi) is 6.60. The molecule has 2 aliphatic rings. The Morgan fingerprint density at radius 1 is 1.12 bits per heavy atom. The molecule has 6 nitrogen and oxygen atoms in total. The normalized spacial score (nSPS) is 25.1. The molecule has 2 N–H and O–H groups in total. The molecule has 2 aromatic rings. The van der Waals surface area contributed by atoms with E-state index in [0.29, 0.717) is 6.04 Å². The quantitative estimate of drug-likeness (QED) is 0.694. The summed E-state index contributed by atoms with van der Waals surface area (Å²) in [6.07, 6.45) is 5.00. The number of hydrogen-bond donors (Lipinski definition) is 2. The Labute approximate surface area is 191 Å². The Morgan fingerprint density at radius 2 is 1.94 bits per heavy atom. The zero-order chi connectivity index (χ0) is 22.7. The van der Waals surface area contributed by atoms with Crippen molar-refractivity contribution in [2.45, 2.75) is 56.5 Å². The van der Waals surface area contributed by atoms with Crippen LogP contribution < -0.4 is 20.1 Å². The lowest BCUT2D eigenvalue weighted by molar-refractivity contribution is 0.156. The van der Waals surface area contributed by atoms with Gasteiger partial charge in [0.25, 0.3) is 0 Å². The van der Waals surface area contributed by atoms with E-state index < -0.39 is 0 Å². The van der Waals surface area contributed by atoms with Crippen molar-refractivity contribution in [1.29, 1.82) is 0 Å². The van der Waals surface area contributed by atoms with Gasteiger partial charge in [0.15, 0.2) is 11.5 Å². The van der Waals surface area contributed by atoms with Gasteiger partial charge in [0.05, 0.1) is 14.2 Å². The van der Waals surface area contributed by atoms with E-state index in [-0.39, 0.29) is 17.5 Å². The Morgan fingerprint density at radius 3 is 2.69 bits per heavy atom. The average molecular weight is 438 g/mol. The monoisotopic (exact) mass is 437 g/mol. The van der Waals surface area contributed by atoms with Crippen molar-refractivity contribution in [2.24, 2.45) is 0 Å². The van der Waals surface area contributed by atoms with E-state index in [1.54, 1.807) is 14.2 Å². The van der Waals surface area contributed by atoms with Crippen molar-refractivity contribution < 1.29 is 14.3 Å². The molecule has 2 fully saturated rings. The topological polar surface area (TPSA) is 62.8 Å². The number of rotatable bonds is 6. The number of ether oxygens (including phenoxy) is 2. The van der Waals surface area contributed by atoms with Gasteiger partial charge in [0, 0.05) is 23.2 Å². The minimum absolute atomic E-state index is 0.0818. The summed E-state index contributed by atoms with van der Waals surface area (Å²) in [5, 5.41) is 6.24. The van der Waals surface area contributed by atoms with Crippen molar-refractivity contribution in [3.8, 4) is 11.5 Å². The lowest BCUT2D eigenvalue weighted by Crippen LogP contribution is -2.52. The van der Waals surface area contributed by atoms with Crippen LogP contribution in [0.4, 0.5) is 10.5 Å². The molecule has 3 atom stereocenters. The van der Waals surface area contributed by atoms with Crippen LogP contribution in [0.3, 0.4) is 0 Å². The molecule has 1 aliphatic heterocycles. The van der Waals surface area contributed by atoms with Crippen molar-refractivity contribution in [2.75, 3.05) is 33.1 Å². The second-order valence-electron chi connectivity index (χ2n) is 9.10. The number of benzene rings is 2. The largest absolute Gasteiger partial charge is 0.493 e. The molecular weight excluding hydrogens is 402 g/mol. The van der Waals surface area contributed by atoms with Crippen LogP contribution in [0, 0.1) is 0 Å². The average Bonchev–Trinajstić information content (AvgIpc) is 3.15. The van der Waals surface area contributed by atoms with Crippen LogP contribution in [-0.2, 0) is 11.8 Å². The van der Waals surface area contributed by atoms with Crippen LogP contribution in [0.15, 0.2) is 42.5 Å². The molecule has 1 saturated carbocycles. The fraction of sp³-hybridized carbons (Fsp3) is 0.500. The predicted octanol–water partition coefficient (Wildman–Crippen LogP) is 4.58. The second-order valence-corrected chi connectivity index (χ2v) is 9.10. The van der Waals surface area contributed by atoms with E-state index in [1.165, 1.54) is 11.1 Å². The Balaban J connectivity index is 1.47. The van der Waals surface area contributed by atoms with Crippen LogP contribution in [0.25, 0.3) is 0 Å². The highest BCUT2D eigenvalue weighted by atomic mass is 16.5. The van der Waals surface area contributed by atoms with E-state index in [2.05, 4.69) is 47.7 Å². The maximum atomic E-state index is 12.7. The number of nitrogens with one attached hydrogen (secondary N) is 2. The lowest BCUT2D eigenvalue weighted by atomic mass is 9.65. The van der Waals surface area contributed by atoms with Crippen LogP contribution in [-0.4, -0.2) is 50.8 Å². The fourth-order valence-corrected chi connectivity index (χ4v) is 5.62. The summed E-state index contributed by atoms with van der Waals surface area (Å²) in [6, 6.07) is 14.8. The van der Waals surface area contributed by atoms with Gasteiger partial charge < -0.3 is 25.0 Å². The van der Waals surface area contributed by atoms with Crippen LogP contribution in [0.2, 0.25) is 0 Å². The maximum absolute atomic E-state index is 12.7. The first kappa shape index (κ1) is 22.5. The molecule has 32 heavy (non-hydrogen) atoms. The number of hydrogen-bond acceptors (Lipinski definition) is 4. The summed E-state index contributed by atoms with van der Waals surface area (Å²) in [4.78, 5) is 15.1. The van der Waals surface area contributed by atoms with E-state index >= 15 is 0 Å². The summed E-state index contributed by atoms with van der Waals surface area (Å²) in [7, 11) is 5.56. The first-order chi connectivity index (χ1) is 15.5. The van der Waals surface area contributed by atoms with E-state index in [1.807, 2.05) is 24.3 Å². The molecule has 1 aliphatic carbocycles. The number of likely N-dealkylation sites (N-methyl/N-ethyl adjacent to an activating group) is 1. The number of urea groups is 1. The lowest BCUT2D eigenvalue weighted by Gasteiger charge is -2.45. The van der Waals surface area contributed by atoms with Gasteiger partial charge >= 0.3 is 6.03 Å². The van der Waals surface area contributed by atoms with Crippen LogP contribution in [0.5, 0.6) is 11.5 Å². The van der Waals surface area contributed by atoms with Crippen molar-refractivity contribution >= 4 is 11.7 Å². The number of amides is 2. The predicted molar refractivity (Wildman–Crippen MR) is 128 cm³/mol. The third-order valence-electron chi connectivity index (χ3n) is 7.41. The molecule has 6 heteroatoms. The summed E-state index contributed by atoms with van der Waals surface area (Å²) < 4.78 is 11.0. The standard InChI is InChI=1S/C26H35N3O3/c1-5-18-7-6-8-20(15-18)27-25(30)28-21-11-12-26(13-14-29(2)24(26)17-21)19-9-10-22(31-3)23(16-19)32-4/h6-10,15-16,21,24H,5,11-14,17H2,1-4H3,(H2,27,28,30)/t21-,24+,26+/m1/s1. The number of carbonyl (C=O) groups excluding carboxylic acids is 1. The maximum Gasteiger partial charge on any atom is 0.319 e. The van der Waals surface area contributed by atoms with E-state index in [9.17, 15) is 4.79 Å². The zero-order valence-corrected chi connectivity index (χ0v) is 19.6. The third kappa shape index (κ3) is 4.29. The number of aryl methyl sites for hydroxylation is 1. The van der Waals surface area contributed by atoms with Gasteiger partial charge in [-0.2, -0.15) is 0 Å².